The van der Waals surface area contributed by atoms with Gasteiger partial charge < -0.3 is 15.3 Å². The zero-order chi connectivity index (χ0) is 11.5. The summed E-state index contributed by atoms with van der Waals surface area (Å²) in [4.78, 5) is 13.2. The molecule has 0 bridgehead atoms. The van der Waals surface area contributed by atoms with E-state index in [1.54, 1.807) is 6.07 Å². The van der Waals surface area contributed by atoms with Gasteiger partial charge in [0, 0.05) is 13.1 Å². The fourth-order valence-electron chi connectivity index (χ4n) is 1.75. The normalized spacial score (nSPS) is 16.1. The van der Waals surface area contributed by atoms with Gasteiger partial charge in [0.25, 0.3) is 0 Å². The molecule has 5 heteroatoms. The van der Waals surface area contributed by atoms with Crippen LogP contribution < -0.4 is 10.2 Å². The van der Waals surface area contributed by atoms with E-state index in [0.29, 0.717) is 18.1 Å². The van der Waals surface area contributed by atoms with Crippen LogP contribution in [0.3, 0.4) is 0 Å². The predicted molar refractivity (Wildman–Crippen MR) is 62.6 cm³/mol. The van der Waals surface area contributed by atoms with Crippen LogP contribution in [-0.2, 0) is 11.4 Å². The van der Waals surface area contributed by atoms with Crippen LogP contribution in [0.5, 0.6) is 0 Å². The SMILES string of the molecule is O=C1CN(c2ccc(CO)cc2Cl)CCN1. The van der Waals surface area contributed by atoms with Crippen LogP contribution in [0.4, 0.5) is 5.69 Å². The van der Waals surface area contributed by atoms with Crippen molar-refractivity contribution in [2.75, 3.05) is 24.5 Å². The van der Waals surface area contributed by atoms with Crippen molar-refractivity contribution in [1.82, 2.24) is 5.32 Å². The Hall–Kier alpha value is -1.26. The third-order valence-corrected chi connectivity index (χ3v) is 2.88. The quantitative estimate of drug-likeness (QED) is 0.803. The highest BCUT2D eigenvalue weighted by Crippen LogP contribution is 2.27. The van der Waals surface area contributed by atoms with Crippen molar-refractivity contribution in [2.24, 2.45) is 0 Å². The van der Waals surface area contributed by atoms with Gasteiger partial charge in [0.15, 0.2) is 0 Å². The van der Waals surface area contributed by atoms with Crippen molar-refractivity contribution in [1.29, 1.82) is 0 Å². The van der Waals surface area contributed by atoms with E-state index in [1.807, 2.05) is 17.0 Å². The Morgan fingerprint density at radius 3 is 2.94 bits per heavy atom. The Morgan fingerprint density at radius 1 is 1.50 bits per heavy atom. The van der Waals surface area contributed by atoms with Crippen molar-refractivity contribution in [3.8, 4) is 0 Å². The average Bonchev–Trinajstić information content (AvgIpc) is 2.28. The topological polar surface area (TPSA) is 52.6 Å². The highest BCUT2D eigenvalue weighted by atomic mass is 35.5. The maximum absolute atomic E-state index is 11.2. The fourth-order valence-corrected chi connectivity index (χ4v) is 2.07. The van der Waals surface area contributed by atoms with E-state index in [0.717, 1.165) is 17.8 Å². The number of hydrogen-bond acceptors (Lipinski definition) is 3. The van der Waals surface area contributed by atoms with E-state index >= 15 is 0 Å². The number of piperazine rings is 1. The molecule has 86 valence electrons. The van der Waals surface area contributed by atoms with Gasteiger partial charge in [0.05, 0.1) is 23.9 Å². The van der Waals surface area contributed by atoms with Gasteiger partial charge in [0.2, 0.25) is 5.91 Å². The molecule has 0 spiro atoms. The van der Waals surface area contributed by atoms with Crippen molar-refractivity contribution >= 4 is 23.2 Å². The molecule has 2 N–H and O–H groups in total. The molecule has 1 aromatic rings. The first-order chi connectivity index (χ1) is 7.70. The largest absolute Gasteiger partial charge is 0.392 e. The molecular formula is C11H13ClN2O2. The van der Waals surface area contributed by atoms with Crippen molar-refractivity contribution in [2.45, 2.75) is 6.61 Å². The number of halogens is 1. The van der Waals surface area contributed by atoms with Gasteiger partial charge in [-0.1, -0.05) is 17.7 Å². The van der Waals surface area contributed by atoms with Crippen molar-refractivity contribution in [3.63, 3.8) is 0 Å². The summed E-state index contributed by atoms with van der Waals surface area (Å²) in [6.45, 7) is 1.69. The third-order valence-electron chi connectivity index (χ3n) is 2.57. The molecule has 0 aromatic heterocycles. The van der Waals surface area contributed by atoms with Gasteiger partial charge >= 0.3 is 0 Å². The first-order valence-corrected chi connectivity index (χ1v) is 5.49. The van der Waals surface area contributed by atoms with Crippen LogP contribution in [0.2, 0.25) is 5.02 Å². The zero-order valence-corrected chi connectivity index (χ0v) is 9.50. The number of rotatable bonds is 2. The lowest BCUT2D eigenvalue weighted by atomic mass is 10.2. The molecule has 2 rings (SSSR count). The van der Waals surface area contributed by atoms with Gasteiger partial charge in [-0.15, -0.1) is 0 Å². The molecule has 1 fully saturated rings. The Kier molecular flexibility index (Phi) is 3.31. The van der Waals surface area contributed by atoms with E-state index in [1.165, 1.54) is 0 Å². The molecule has 0 atom stereocenters. The highest BCUT2D eigenvalue weighted by molar-refractivity contribution is 6.33. The summed E-state index contributed by atoms with van der Waals surface area (Å²) in [5.41, 5.74) is 1.61. The number of aliphatic hydroxyl groups excluding tert-OH is 1. The van der Waals surface area contributed by atoms with E-state index in [-0.39, 0.29) is 12.5 Å². The first-order valence-electron chi connectivity index (χ1n) is 5.11. The number of hydrogen-bond donors (Lipinski definition) is 2. The number of aliphatic hydroxyl groups is 1. The van der Waals surface area contributed by atoms with Crippen LogP contribution in [0, 0.1) is 0 Å². The molecule has 0 aliphatic carbocycles. The minimum Gasteiger partial charge on any atom is -0.392 e. The van der Waals surface area contributed by atoms with E-state index in [4.69, 9.17) is 16.7 Å². The Balaban J connectivity index is 2.22. The molecule has 0 unspecified atom stereocenters. The van der Waals surface area contributed by atoms with Crippen molar-refractivity contribution in [3.05, 3.63) is 28.8 Å². The lowest BCUT2D eigenvalue weighted by Crippen LogP contribution is -2.47. The molecule has 1 aliphatic rings. The minimum atomic E-state index is -0.0273. The predicted octanol–water partition coefficient (Wildman–Crippen LogP) is 0.768. The van der Waals surface area contributed by atoms with E-state index in [9.17, 15) is 4.79 Å². The second-order valence-electron chi connectivity index (χ2n) is 3.72. The summed E-state index contributed by atoms with van der Waals surface area (Å²) in [7, 11) is 0. The molecule has 0 radical (unpaired) electrons. The van der Waals surface area contributed by atoms with Crippen LogP contribution in [0.1, 0.15) is 5.56 Å². The van der Waals surface area contributed by atoms with Crippen LogP contribution in [0.25, 0.3) is 0 Å². The first kappa shape index (κ1) is 11.2. The molecule has 1 saturated heterocycles. The van der Waals surface area contributed by atoms with Gasteiger partial charge in [-0.05, 0) is 17.7 Å². The monoisotopic (exact) mass is 240 g/mol. The van der Waals surface area contributed by atoms with E-state index in [2.05, 4.69) is 5.32 Å². The molecular weight excluding hydrogens is 228 g/mol. The molecule has 1 aromatic carbocycles. The Labute approximate surface area is 98.8 Å². The fraction of sp³-hybridized carbons (Fsp3) is 0.364. The zero-order valence-electron chi connectivity index (χ0n) is 8.74. The summed E-state index contributed by atoms with van der Waals surface area (Å²) in [5, 5.41) is 12.3. The van der Waals surface area contributed by atoms with Crippen molar-refractivity contribution < 1.29 is 9.90 Å². The van der Waals surface area contributed by atoms with Gasteiger partial charge in [0.1, 0.15) is 0 Å². The minimum absolute atomic E-state index is 0.00792. The number of benzene rings is 1. The Bertz CT molecular complexity index is 409. The smallest absolute Gasteiger partial charge is 0.239 e. The van der Waals surface area contributed by atoms with E-state index < -0.39 is 0 Å². The second kappa shape index (κ2) is 4.72. The summed E-state index contributed by atoms with van der Waals surface area (Å²) in [6, 6.07) is 5.38. The van der Waals surface area contributed by atoms with Gasteiger partial charge in [-0.3, -0.25) is 4.79 Å². The second-order valence-corrected chi connectivity index (χ2v) is 4.12. The van der Waals surface area contributed by atoms with Gasteiger partial charge in [-0.2, -0.15) is 0 Å². The summed E-state index contributed by atoms with van der Waals surface area (Å²) in [6.07, 6.45) is 0. The molecule has 1 amide bonds. The van der Waals surface area contributed by atoms with Crippen LogP contribution in [0.15, 0.2) is 18.2 Å². The molecule has 0 saturated carbocycles. The number of carbonyl (C=O) groups is 1. The summed E-state index contributed by atoms with van der Waals surface area (Å²) in [5.74, 6) is 0.00792. The summed E-state index contributed by atoms with van der Waals surface area (Å²) < 4.78 is 0. The molecule has 4 nitrogen and oxygen atoms in total. The maximum Gasteiger partial charge on any atom is 0.239 e. The number of nitrogens with zero attached hydrogens (tertiary/aromatic N) is 1. The molecule has 16 heavy (non-hydrogen) atoms. The standard InChI is InChI=1S/C11H13ClN2O2/c12-9-5-8(7-15)1-2-10(9)14-4-3-13-11(16)6-14/h1-2,5,15H,3-4,6-7H2,(H,13,16). The number of nitrogens with one attached hydrogen (secondary N) is 1. The highest BCUT2D eigenvalue weighted by Gasteiger charge is 2.18. The van der Waals surface area contributed by atoms with Gasteiger partial charge in [-0.25, -0.2) is 0 Å². The lowest BCUT2D eigenvalue weighted by molar-refractivity contribution is -0.120. The number of amides is 1. The molecule has 1 aliphatic heterocycles. The average molecular weight is 241 g/mol. The number of anilines is 1. The maximum atomic E-state index is 11.2. The summed E-state index contributed by atoms with van der Waals surface area (Å²) >= 11 is 6.10. The lowest BCUT2D eigenvalue weighted by Gasteiger charge is -2.29. The Morgan fingerprint density at radius 2 is 2.31 bits per heavy atom. The third kappa shape index (κ3) is 2.28. The number of carbonyl (C=O) groups excluding carboxylic acids is 1. The molecule has 1 heterocycles. The van der Waals surface area contributed by atoms with Crippen LogP contribution >= 0.6 is 11.6 Å². The van der Waals surface area contributed by atoms with Crippen LogP contribution in [-0.4, -0.2) is 30.6 Å².